The molecular weight excluding hydrogens is 191 g/mol. The summed E-state index contributed by atoms with van der Waals surface area (Å²) in [7, 11) is 1.90. The lowest BCUT2D eigenvalue weighted by Crippen LogP contribution is -2.18. The molecule has 0 amide bonds. The third-order valence-electron chi connectivity index (χ3n) is 1.89. The first kappa shape index (κ1) is 10.3. The normalized spacial score (nSPS) is 10.2. The van der Waals surface area contributed by atoms with Gasteiger partial charge in [0.15, 0.2) is 0 Å². The number of hydrogen-bond donors (Lipinski definition) is 0. The van der Waals surface area contributed by atoms with E-state index in [0.29, 0.717) is 0 Å². The fraction of sp³-hybridized carbons (Fsp3) is 0.444. The fourth-order valence-electron chi connectivity index (χ4n) is 1.07. The summed E-state index contributed by atoms with van der Waals surface area (Å²) < 4.78 is 12.8. The molecule has 0 fully saturated rings. The van der Waals surface area contributed by atoms with Crippen LogP contribution in [0.25, 0.3) is 0 Å². The average Bonchev–Trinajstić information content (AvgIpc) is 2.16. The van der Waals surface area contributed by atoms with E-state index in [9.17, 15) is 4.39 Å². The Bertz CT molecular complexity index is 291. The quantitative estimate of drug-likeness (QED) is 0.700. The maximum Gasteiger partial charge on any atom is 0.141 e. The molecule has 2 nitrogen and oxygen atoms in total. The van der Waals surface area contributed by atoms with Gasteiger partial charge in [0.1, 0.15) is 11.6 Å². The minimum atomic E-state index is -0.344. The topological polar surface area (TPSA) is 16.1 Å². The van der Waals surface area contributed by atoms with Crippen LogP contribution >= 0.6 is 11.6 Å². The van der Waals surface area contributed by atoms with Gasteiger partial charge in [0, 0.05) is 19.2 Å². The highest BCUT2D eigenvalue weighted by Crippen LogP contribution is 2.18. The van der Waals surface area contributed by atoms with Crippen molar-refractivity contribution < 1.29 is 4.39 Å². The predicted octanol–water partition coefficient (Wildman–Crippen LogP) is 2.42. The molecule has 0 N–H and O–H groups in total. The maximum atomic E-state index is 12.8. The van der Waals surface area contributed by atoms with Gasteiger partial charge >= 0.3 is 0 Å². The van der Waals surface area contributed by atoms with Crippen LogP contribution in [-0.2, 0) is 5.88 Å². The van der Waals surface area contributed by atoms with Crippen LogP contribution < -0.4 is 4.90 Å². The van der Waals surface area contributed by atoms with Crippen molar-refractivity contribution in [1.82, 2.24) is 4.98 Å². The Balaban J connectivity index is 3.05. The summed E-state index contributed by atoms with van der Waals surface area (Å²) in [5.41, 5.74) is 0.728. The molecule has 0 radical (unpaired) electrons. The molecule has 0 spiro atoms. The first-order valence-corrected chi connectivity index (χ1v) is 4.64. The van der Waals surface area contributed by atoms with E-state index in [4.69, 9.17) is 11.6 Å². The van der Waals surface area contributed by atoms with Crippen molar-refractivity contribution in [3.8, 4) is 0 Å². The second-order valence-electron chi connectivity index (χ2n) is 2.78. The minimum Gasteiger partial charge on any atom is -0.360 e. The van der Waals surface area contributed by atoms with Crippen molar-refractivity contribution in [2.75, 3.05) is 18.5 Å². The lowest BCUT2D eigenvalue weighted by Gasteiger charge is -2.18. The second-order valence-corrected chi connectivity index (χ2v) is 3.05. The van der Waals surface area contributed by atoms with Crippen LogP contribution in [0.1, 0.15) is 12.5 Å². The van der Waals surface area contributed by atoms with E-state index in [0.717, 1.165) is 17.9 Å². The van der Waals surface area contributed by atoms with Crippen LogP contribution in [0.2, 0.25) is 0 Å². The predicted molar refractivity (Wildman–Crippen MR) is 52.7 cm³/mol. The molecule has 1 rings (SSSR count). The Morgan fingerprint density at radius 2 is 2.31 bits per heavy atom. The zero-order valence-electron chi connectivity index (χ0n) is 7.72. The summed E-state index contributed by atoms with van der Waals surface area (Å²) >= 11 is 5.67. The highest BCUT2D eigenvalue weighted by Gasteiger charge is 2.07. The molecule has 13 heavy (non-hydrogen) atoms. The van der Waals surface area contributed by atoms with E-state index in [2.05, 4.69) is 4.98 Å². The van der Waals surface area contributed by atoms with E-state index >= 15 is 0 Å². The van der Waals surface area contributed by atoms with Gasteiger partial charge in [-0.25, -0.2) is 9.37 Å². The monoisotopic (exact) mass is 202 g/mol. The average molecular weight is 203 g/mol. The van der Waals surface area contributed by atoms with Crippen LogP contribution in [0.5, 0.6) is 0 Å². The first-order chi connectivity index (χ1) is 6.19. The molecule has 1 aromatic heterocycles. The largest absolute Gasteiger partial charge is 0.360 e. The third-order valence-corrected chi connectivity index (χ3v) is 2.18. The third kappa shape index (κ3) is 2.31. The molecule has 0 unspecified atom stereocenters. The van der Waals surface area contributed by atoms with Crippen molar-refractivity contribution in [2.24, 2.45) is 0 Å². The van der Waals surface area contributed by atoms with E-state index in [1.165, 1.54) is 12.3 Å². The van der Waals surface area contributed by atoms with Gasteiger partial charge in [-0.3, -0.25) is 0 Å². The van der Waals surface area contributed by atoms with Gasteiger partial charge in [0.2, 0.25) is 0 Å². The summed E-state index contributed by atoms with van der Waals surface area (Å²) in [6.07, 6.45) is 1.21. The SMILES string of the molecule is CCN(C)c1ncc(F)cc1CCl. The Hall–Kier alpha value is -0.830. The molecule has 0 aliphatic heterocycles. The smallest absolute Gasteiger partial charge is 0.141 e. The molecule has 0 bridgehead atoms. The molecule has 0 aliphatic carbocycles. The number of aromatic nitrogens is 1. The summed E-state index contributed by atoms with van der Waals surface area (Å²) in [5, 5.41) is 0. The minimum absolute atomic E-state index is 0.282. The van der Waals surface area contributed by atoms with Gasteiger partial charge in [-0.2, -0.15) is 0 Å². The molecule has 1 heterocycles. The van der Waals surface area contributed by atoms with Gasteiger partial charge in [-0.15, -0.1) is 11.6 Å². The number of anilines is 1. The van der Waals surface area contributed by atoms with Crippen molar-refractivity contribution >= 4 is 17.4 Å². The summed E-state index contributed by atoms with van der Waals surface area (Å²) in [4.78, 5) is 5.91. The number of nitrogens with zero attached hydrogens (tertiary/aromatic N) is 2. The lowest BCUT2D eigenvalue weighted by molar-refractivity contribution is 0.619. The van der Waals surface area contributed by atoms with Gasteiger partial charge in [-0.1, -0.05) is 0 Å². The van der Waals surface area contributed by atoms with Crippen molar-refractivity contribution in [1.29, 1.82) is 0 Å². The number of rotatable bonds is 3. The highest BCUT2D eigenvalue weighted by atomic mass is 35.5. The van der Waals surface area contributed by atoms with Gasteiger partial charge < -0.3 is 4.90 Å². The lowest BCUT2D eigenvalue weighted by atomic mass is 10.2. The Morgan fingerprint density at radius 3 is 2.85 bits per heavy atom. The first-order valence-electron chi connectivity index (χ1n) is 4.10. The fourth-order valence-corrected chi connectivity index (χ4v) is 1.26. The Morgan fingerprint density at radius 1 is 1.62 bits per heavy atom. The van der Waals surface area contributed by atoms with Gasteiger partial charge in [0.25, 0.3) is 0 Å². The molecule has 72 valence electrons. The molecule has 4 heteroatoms. The van der Waals surface area contributed by atoms with Crippen LogP contribution in [0.15, 0.2) is 12.3 Å². The van der Waals surface area contributed by atoms with Crippen LogP contribution in [0.4, 0.5) is 10.2 Å². The Labute approximate surface area is 82.3 Å². The number of pyridine rings is 1. The van der Waals surface area contributed by atoms with Gasteiger partial charge in [-0.05, 0) is 13.0 Å². The van der Waals surface area contributed by atoms with Crippen LogP contribution in [0.3, 0.4) is 0 Å². The molecule has 0 atom stereocenters. The van der Waals surface area contributed by atoms with Crippen molar-refractivity contribution in [3.63, 3.8) is 0 Å². The van der Waals surface area contributed by atoms with E-state index in [1.54, 1.807) is 0 Å². The number of halogens is 2. The van der Waals surface area contributed by atoms with Crippen molar-refractivity contribution in [2.45, 2.75) is 12.8 Å². The maximum absolute atomic E-state index is 12.8. The zero-order chi connectivity index (χ0) is 9.84. The van der Waals surface area contributed by atoms with Gasteiger partial charge in [0.05, 0.1) is 12.1 Å². The summed E-state index contributed by atoms with van der Waals surface area (Å²) in [6.45, 7) is 2.82. The number of alkyl halides is 1. The Kier molecular flexibility index (Phi) is 3.48. The van der Waals surface area contributed by atoms with E-state index in [-0.39, 0.29) is 11.7 Å². The highest BCUT2D eigenvalue weighted by molar-refractivity contribution is 6.17. The summed E-state index contributed by atoms with van der Waals surface area (Å²) in [5.74, 6) is 0.688. The molecule has 1 aromatic rings. The number of hydrogen-bond acceptors (Lipinski definition) is 2. The van der Waals surface area contributed by atoms with E-state index < -0.39 is 0 Å². The molecule has 0 saturated carbocycles. The van der Waals surface area contributed by atoms with E-state index in [1.807, 2.05) is 18.9 Å². The van der Waals surface area contributed by atoms with Crippen LogP contribution in [-0.4, -0.2) is 18.6 Å². The molecule has 0 aromatic carbocycles. The zero-order valence-corrected chi connectivity index (χ0v) is 8.48. The standard InChI is InChI=1S/C9H12ClFN2/c1-3-13(2)9-7(5-10)4-8(11)6-12-9/h4,6H,3,5H2,1-2H3. The molecular formula is C9H12ClFN2. The molecule has 0 saturated heterocycles. The summed E-state index contributed by atoms with van der Waals surface area (Å²) in [6, 6.07) is 1.42. The second kappa shape index (κ2) is 4.42. The molecule has 0 aliphatic rings. The van der Waals surface area contributed by atoms with Crippen molar-refractivity contribution in [3.05, 3.63) is 23.6 Å². The van der Waals surface area contributed by atoms with Crippen LogP contribution in [0, 0.1) is 5.82 Å².